The lowest BCUT2D eigenvalue weighted by Crippen LogP contribution is -2.99. The predicted molar refractivity (Wildman–Crippen MR) is 98.4 cm³/mol. The molecule has 2 aromatic carbocycles. The Morgan fingerprint density at radius 3 is 2.48 bits per heavy atom. The van der Waals surface area contributed by atoms with Crippen LogP contribution in [0.15, 0.2) is 65.5 Å². The van der Waals surface area contributed by atoms with Crippen molar-refractivity contribution in [3.05, 3.63) is 87.5 Å². The minimum atomic E-state index is -1.01. The number of H-pyrrole nitrogens is 1. The molecule has 1 heterocycles. The van der Waals surface area contributed by atoms with Crippen molar-refractivity contribution in [2.75, 3.05) is 0 Å². The van der Waals surface area contributed by atoms with Crippen LogP contribution < -0.4 is 16.1 Å². The van der Waals surface area contributed by atoms with Gasteiger partial charge in [-0.15, -0.1) is 0 Å². The Morgan fingerprint density at radius 1 is 1.19 bits per heavy atom. The average molecular weight is 366 g/mol. The minimum Gasteiger partial charge on any atom is -0.595 e. The van der Waals surface area contributed by atoms with E-state index in [0.29, 0.717) is 11.4 Å². The molecular weight excluding hydrogens is 348 g/mol. The molecule has 0 saturated carbocycles. The topological polar surface area (TPSA) is 123 Å². The highest BCUT2D eigenvalue weighted by Crippen LogP contribution is 2.16. The predicted octanol–water partition coefficient (Wildman–Crippen LogP) is 1.33. The highest BCUT2D eigenvalue weighted by molar-refractivity contribution is 5.92. The molecular formula is C19H18N4O4. The van der Waals surface area contributed by atoms with Gasteiger partial charge in [-0.2, -0.15) is 5.23 Å². The van der Waals surface area contributed by atoms with E-state index in [1.807, 2.05) is 18.2 Å². The van der Waals surface area contributed by atoms with Crippen molar-refractivity contribution in [2.45, 2.75) is 13.0 Å². The maximum absolute atomic E-state index is 12.5. The Kier molecular flexibility index (Phi) is 5.41. The number of nitrogens with one attached hydrogen (secondary N) is 3. The van der Waals surface area contributed by atoms with Crippen LogP contribution in [0.2, 0.25) is 0 Å². The average Bonchev–Trinajstić information content (AvgIpc) is 2.68. The number of benzene rings is 2. The zero-order valence-corrected chi connectivity index (χ0v) is 14.5. The second kappa shape index (κ2) is 7.92. The SMILES string of the molecule is C[C@H](NC(=O)c1cc(=O)[nH]c(-c2ccccc2)n1)c1ccc([N@@H+]([O-])O)cc1. The third-order valence-electron chi connectivity index (χ3n) is 4.03. The Bertz CT molecular complexity index is 985. The number of carbonyl (C=O) groups excluding carboxylic acids is 1. The van der Waals surface area contributed by atoms with Gasteiger partial charge in [0.2, 0.25) is 0 Å². The Balaban J connectivity index is 1.79. The highest BCUT2D eigenvalue weighted by atomic mass is 16.8. The van der Waals surface area contributed by atoms with E-state index in [1.54, 1.807) is 31.2 Å². The van der Waals surface area contributed by atoms with E-state index in [-0.39, 0.29) is 17.4 Å². The first-order valence-electron chi connectivity index (χ1n) is 8.25. The number of carbonyl (C=O) groups is 1. The van der Waals surface area contributed by atoms with Crippen LogP contribution in [0, 0.1) is 5.21 Å². The maximum Gasteiger partial charge on any atom is 0.270 e. The standard InChI is InChI=1S/C19H18N4O4/c1-12(13-7-9-15(10-8-13)23(26)27)20-19(25)16-11-17(24)22-18(21-16)14-5-3-2-4-6-14/h2-12,23,26H,1H3,(H,20,25)(H,21,22,24)/t12-/m0/s1. The van der Waals surface area contributed by atoms with Gasteiger partial charge in [0.15, 0.2) is 5.69 Å². The van der Waals surface area contributed by atoms with Gasteiger partial charge in [0.1, 0.15) is 11.5 Å². The summed E-state index contributed by atoms with van der Waals surface area (Å²) in [4.78, 5) is 31.3. The second-order valence-corrected chi connectivity index (χ2v) is 5.97. The van der Waals surface area contributed by atoms with Crippen molar-refractivity contribution in [3.8, 4) is 11.4 Å². The van der Waals surface area contributed by atoms with Crippen LogP contribution in [0.5, 0.6) is 0 Å². The van der Waals surface area contributed by atoms with E-state index in [1.165, 1.54) is 12.1 Å². The summed E-state index contributed by atoms with van der Waals surface area (Å²) in [5.74, 6) is -0.181. The molecule has 0 unspecified atom stereocenters. The first kappa shape index (κ1) is 18.5. The van der Waals surface area contributed by atoms with Crippen molar-refractivity contribution < 1.29 is 15.2 Å². The van der Waals surface area contributed by atoms with E-state index in [9.17, 15) is 14.8 Å². The van der Waals surface area contributed by atoms with Gasteiger partial charge >= 0.3 is 0 Å². The molecule has 0 radical (unpaired) electrons. The van der Waals surface area contributed by atoms with Crippen LogP contribution in [-0.4, -0.2) is 21.1 Å². The molecule has 27 heavy (non-hydrogen) atoms. The van der Waals surface area contributed by atoms with Crippen LogP contribution >= 0.6 is 0 Å². The van der Waals surface area contributed by atoms with Gasteiger partial charge < -0.3 is 15.5 Å². The first-order chi connectivity index (χ1) is 12.9. The van der Waals surface area contributed by atoms with E-state index in [0.717, 1.165) is 11.6 Å². The molecule has 8 nitrogen and oxygen atoms in total. The molecule has 1 amide bonds. The number of hydrogen-bond donors (Lipinski definition) is 4. The number of nitrogens with zero attached hydrogens (tertiary/aromatic N) is 1. The summed E-state index contributed by atoms with van der Waals surface area (Å²) in [6, 6.07) is 16.0. The third-order valence-corrected chi connectivity index (χ3v) is 4.03. The Hall–Kier alpha value is -3.33. The third kappa shape index (κ3) is 4.45. The lowest BCUT2D eigenvalue weighted by atomic mass is 10.1. The summed E-state index contributed by atoms with van der Waals surface area (Å²) in [6.07, 6.45) is 0. The van der Waals surface area contributed by atoms with Crippen LogP contribution in [0.1, 0.15) is 29.0 Å². The van der Waals surface area contributed by atoms with Crippen LogP contribution in [0.4, 0.5) is 5.69 Å². The Labute approximate surface area is 154 Å². The number of aromatic nitrogens is 2. The molecule has 8 heteroatoms. The van der Waals surface area contributed by atoms with Gasteiger partial charge in [-0.05, 0) is 12.5 Å². The summed E-state index contributed by atoms with van der Waals surface area (Å²) in [6.45, 7) is 1.76. The fraction of sp³-hybridized carbons (Fsp3) is 0.105. The summed E-state index contributed by atoms with van der Waals surface area (Å²) in [5.41, 5.74) is 1.18. The molecule has 0 aliphatic heterocycles. The van der Waals surface area contributed by atoms with E-state index in [2.05, 4.69) is 15.3 Å². The van der Waals surface area contributed by atoms with Crippen molar-refractivity contribution >= 4 is 11.6 Å². The van der Waals surface area contributed by atoms with Gasteiger partial charge in [-0.25, -0.2) is 10.2 Å². The monoisotopic (exact) mass is 366 g/mol. The van der Waals surface area contributed by atoms with Crippen molar-refractivity contribution in [2.24, 2.45) is 0 Å². The molecule has 3 aromatic rings. The Morgan fingerprint density at radius 2 is 1.85 bits per heavy atom. The molecule has 0 aliphatic rings. The van der Waals surface area contributed by atoms with E-state index in [4.69, 9.17) is 5.21 Å². The molecule has 4 N–H and O–H groups in total. The zero-order chi connectivity index (χ0) is 19.4. The zero-order valence-electron chi connectivity index (χ0n) is 14.5. The molecule has 0 fully saturated rings. The smallest absolute Gasteiger partial charge is 0.270 e. The number of rotatable bonds is 5. The largest absolute Gasteiger partial charge is 0.595 e. The van der Waals surface area contributed by atoms with Crippen molar-refractivity contribution in [3.63, 3.8) is 0 Å². The summed E-state index contributed by atoms with van der Waals surface area (Å²) in [7, 11) is 0. The van der Waals surface area contributed by atoms with Gasteiger partial charge in [0.25, 0.3) is 11.5 Å². The van der Waals surface area contributed by atoms with Crippen molar-refractivity contribution in [1.29, 1.82) is 0 Å². The van der Waals surface area contributed by atoms with Gasteiger partial charge in [0.05, 0.1) is 6.04 Å². The lowest BCUT2D eigenvalue weighted by Gasteiger charge is -2.16. The summed E-state index contributed by atoms with van der Waals surface area (Å²) in [5, 5.41) is 21.6. The fourth-order valence-corrected chi connectivity index (χ4v) is 2.57. The molecule has 0 bridgehead atoms. The fourth-order valence-electron chi connectivity index (χ4n) is 2.57. The van der Waals surface area contributed by atoms with Crippen LogP contribution in [-0.2, 0) is 0 Å². The van der Waals surface area contributed by atoms with Crippen LogP contribution in [0.3, 0.4) is 0 Å². The van der Waals surface area contributed by atoms with Crippen molar-refractivity contribution in [1.82, 2.24) is 15.3 Å². The molecule has 0 spiro atoms. The number of hydrogen-bond acceptors (Lipinski definition) is 5. The van der Waals surface area contributed by atoms with E-state index < -0.39 is 16.7 Å². The molecule has 3 rings (SSSR count). The minimum absolute atomic E-state index is 0.00612. The first-order valence-corrected chi connectivity index (χ1v) is 8.25. The van der Waals surface area contributed by atoms with Gasteiger partial charge in [0, 0.05) is 23.8 Å². The molecule has 0 saturated heterocycles. The molecule has 2 atom stereocenters. The van der Waals surface area contributed by atoms with Gasteiger partial charge in [-0.1, -0.05) is 42.5 Å². The van der Waals surface area contributed by atoms with Crippen LogP contribution in [0.25, 0.3) is 11.4 Å². The molecule has 0 aliphatic carbocycles. The number of aromatic amines is 1. The second-order valence-electron chi connectivity index (χ2n) is 5.97. The normalized spacial score (nSPS) is 13.0. The molecule has 1 aromatic heterocycles. The number of quaternary nitrogens is 1. The van der Waals surface area contributed by atoms with E-state index >= 15 is 0 Å². The highest BCUT2D eigenvalue weighted by Gasteiger charge is 2.15. The summed E-state index contributed by atoms with van der Waals surface area (Å²) >= 11 is 0. The van der Waals surface area contributed by atoms with Gasteiger partial charge in [-0.3, -0.25) is 9.59 Å². The molecule has 138 valence electrons. The lowest BCUT2D eigenvalue weighted by molar-refractivity contribution is -0.991. The number of amides is 1. The quantitative estimate of drug-likeness (QED) is 0.508. The maximum atomic E-state index is 12.5. The summed E-state index contributed by atoms with van der Waals surface area (Å²) < 4.78 is 0.